The summed E-state index contributed by atoms with van der Waals surface area (Å²) < 4.78 is 32.1. The van der Waals surface area contributed by atoms with E-state index >= 15 is 0 Å². The first-order chi connectivity index (χ1) is 13.8. The Balaban J connectivity index is 1.79. The number of anilines is 1. The molecule has 6 nitrogen and oxygen atoms in total. The molecule has 4 rings (SSSR count). The number of thiazole rings is 1. The van der Waals surface area contributed by atoms with Crippen molar-refractivity contribution in [2.75, 3.05) is 24.3 Å². The zero-order valence-electron chi connectivity index (χ0n) is 15.7. The van der Waals surface area contributed by atoms with Crippen LogP contribution >= 0.6 is 27.3 Å². The third-order valence-electron chi connectivity index (χ3n) is 4.74. The minimum absolute atomic E-state index is 0.0196. The summed E-state index contributed by atoms with van der Waals surface area (Å²) in [6.45, 7) is 0.997. The van der Waals surface area contributed by atoms with Crippen LogP contribution in [-0.2, 0) is 14.6 Å². The molecule has 1 aliphatic heterocycles. The average molecular weight is 495 g/mol. The molecule has 1 aliphatic rings. The highest BCUT2D eigenvalue weighted by atomic mass is 79.9. The number of amides is 1. The van der Waals surface area contributed by atoms with Crippen molar-refractivity contribution in [2.45, 2.75) is 23.8 Å². The van der Waals surface area contributed by atoms with Crippen molar-refractivity contribution in [1.82, 2.24) is 4.98 Å². The SMILES string of the molecule is CS(=O)(=O)c1ccccc1C(=O)N(CC1CCCO1)c1nc2ccc(Br)cc2s1. The highest BCUT2D eigenvalue weighted by molar-refractivity contribution is 9.10. The Labute approximate surface area is 181 Å². The topological polar surface area (TPSA) is 76.6 Å². The van der Waals surface area contributed by atoms with Gasteiger partial charge >= 0.3 is 0 Å². The van der Waals surface area contributed by atoms with Gasteiger partial charge in [-0.3, -0.25) is 9.69 Å². The molecule has 0 spiro atoms. The van der Waals surface area contributed by atoms with Crippen molar-refractivity contribution in [1.29, 1.82) is 0 Å². The van der Waals surface area contributed by atoms with Crippen LogP contribution in [0.4, 0.5) is 5.13 Å². The van der Waals surface area contributed by atoms with Gasteiger partial charge in [0.05, 0.1) is 33.3 Å². The van der Waals surface area contributed by atoms with Crippen LogP contribution in [0.15, 0.2) is 51.8 Å². The number of rotatable bonds is 5. The van der Waals surface area contributed by atoms with Crippen LogP contribution in [-0.4, -0.2) is 44.8 Å². The zero-order valence-corrected chi connectivity index (χ0v) is 18.9. The molecule has 9 heteroatoms. The zero-order chi connectivity index (χ0) is 20.6. The van der Waals surface area contributed by atoms with Crippen molar-refractivity contribution in [3.63, 3.8) is 0 Å². The number of hydrogen-bond donors (Lipinski definition) is 0. The van der Waals surface area contributed by atoms with Gasteiger partial charge in [0.1, 0.15) is 0 Å². The van der Waals surface area contributed by atoms with Crippen LogP contribution < -0.4 is 4.90 Å². The van der Waals surface area contributed by atoms with Crippen LogP contribution in [0.2, 0.25) is 0 Å². The molecule has 0 saturated carbocycles. The van der Waals surface area contributed by atoms with E-state index in [0.29, 0.717) is 18.3 Å². The third-order valence-corrected chi connectivity index (χ3v) is 7.43. The number of benzene rings is 2. The molecule has 2 aromatic carbocycles. The van der Waals surface area contributed by atoms with Gasteiger partial charge in [0.15, 0.2) is 15.0 Å². The van der Waals surface area contributed by atoms with Gasteiger partial charge in [-0.25, -0.2) is 13.4 Å². The van der Waals surface area contributed by atoms with Crippen molar-refractivity contribution in [2.24, 2.45) is 0 Å². The molecular weight excluding hydrogens is 476 g/mol. The van der Waals surface area contributed by atoms with Gasteiger partial charge in [-0.2, -0.15) is 0 Å². The lowest BCUT2D eigenvalue weighted by molar-refractivity contribution is 0.0915. The van der Waals surface area contributed by atoms with Gasteiger partial charge in [-0.15, -0.1) is 0 Å². The van der Waals surface area contributed by atoms with E-state index in [0.717, 1.165) is 33.8 Å². The molecule has 0 N–H and O–H groups in total. The van der Waals surface area contributed by atoms with E-state index in [1.807, 2.05) is 18.2 Å². The number of sulfone groups is 1. The standard InChI is InChI=1S/C20H19BrN2O4S2/c1-29(25,26)18-7-3-2-6-15(18)19(24)23(12-14-5-4-10-27-14)20-22-16-9-8-13(21)11-17(16)28-20/h2-3,6-9,11,14H,4-5,10,12H2,1H3. The second-order valence-electron chi connectivity index (χ2n) is 6.93. The monoisotopic (exact) mass is 494 g/mol. The summed E-state index contributed by atoms with van der Waals surface area (Å²) in [5.74, 6) is -0.389. The maximum absolute atomic E-state index is 13.5. The minimum atomic E-state index is -3.55. The van der Waals surface area contributed by atoms with Gasteiger partial charge in [-0.1, -0.05) is 39.4 Å². The molecule has 152 valence electrons. The van der Waals surface area contributed by atoms with Gasteiger partial charge in [0, 0.05) is 17.3 Å². The van der Waals surface area contributed by atoms with Crippen LogP contribution in [0.5, 0.6) is 0 Å². The Morgan fingerprint density at radius 2 is 2.10 bits per heavy atom. The Hall–Kier alpha value is -1.81. The first-order valence-corrected chi connectivity index (χ1v) is 12.6. The van der Waals surface area contributed by atoms with Gasteiger partial charge in [-0.05, 0) is 43.2 Å². The van der Waals surface area contributed by atoms with E-state index in [2.05, 4.69) is 20.9 Å². The maximum Gasteiger partial charge on any atom is 0.261 e. The van der Waals surface area contributed by atoms with Gasteiger partial charge in [0.2, 0.25) is 0 Å². The van der Waals surface area contributed by atoms with Crippen LogP contribution in [0.3, 0.4) is 0 Å². The second kappa shape index (κ2) is 8.14. The minimum Gasteiger partial charge on any atom is -0.376 e. The third kappa shape index (κ3) is 4.37. The Kier molecular flexibility index (Phi) is 5.74. The summed E-state index contributed by atoms with van der Waals surface area (Å²) >= 11 is 4.86. The predicted molar refractivity (Wildman–Crippen MR) is 118 cm³/mol. The molecule has 1 saturated heterocycles. The quantitative estimate of drug-likeness (QED) is 0.528. The number of aromatic nitrogens is 1. The van der Waals surface area contributed by atoms with Crippen LogP contribution in [0.25, 0.3) is 10.2 Å². The van der Waals surface area contributed by atoms with E-state index in [4.69, 9.17) is 4.74 Å². The molecule has 0 radical (unpaired) electrons. The lowest BCUT2D eigenvalue weighted by Crippen LogP contribution is -2.38. The molecule has 29 heavy (non-hydrogen) atoms. The number of halogens is 1. The van der Waals surface area contributed by atoms with E-state index in [-0.39, 0.29) is 22.5 Å². The van der Waals surface area contributed by atoms with Crippen molar-refractivity contribution in [3.8, 4) is 0 Å². The summed E-state index contributed by atoms with van der Waals surface area (Å²) in [7, 11) is -3.55. The fraction of sp³-hybridized carbons (Fsp3) is 0.300. The van der Waals surface area contributed by atoms with Crippen molar-refractivity contribution in [3.05, 3.63) is 52.5 Å². The molecule has 2 heterocycles. The summed E-state index contributed by atoms with van der Waals surface area (Å²) in [6, 6.07) is 12.0. The van der Waals surface area contributed by atoms with E-state index in [9.17, 15) is 13.2 Å². The molecular formula is C20H19BrN2O4S2. The lowest BCUT2D eigenvalue weighted by atomic mass is 10.1. The van der Waals surface area contributed by atoms with Crippen LogP contribution in [0.1, 0.15) is 23.2 Å². The molecule has 0 bridgehead atoms. The molecule has 1 atom stereocenters. The number of carbonyl (C=O) groups is 1. The van der Waals surface area contributed by atoms with E-state index in [1.54, 1.807) is 23.1 Å². The highest BCUT2D eigenvalue weighted by Crippen LogP contribution is 2.33. The first-order valence-electron chi connectivity index (χ1n) is 9.11. The molecule has 1 fully saturated rings. The number of carbonyl (C=O) groups excluding carboxylic acids is 1. The number of hydrogen-bond acceptors (Lipinski definition) is 6. The summed E-state index contributed by atoms with van der Waals surface area (Å²) in [5.41, 5.74) is 0.933. The Morgan fingerprint density at radius 1 is 1.31 bits per heavy atom. The molecule has 0 aliphatic carbocycles. The summed E-state index contributed by atoms with van der Waals surface area (Å²) in [6.07, 6.45) is 2.81. The smallest absolute Gasteiger partial charge is 0.261 e. The Bertz CT molecular complexity index is 1170. The van der Waals surface area contributed by atoms with E-state index in [1.165, 1.54) is 17.4 Å². The number of nitrogens with zero attached hydrogens (tertiary/aromatic N) is 2. The normalized spacial score (nSPS) is 17.0. The number of ether oxygens (including phenoxy) is 1. The molecule has 1 aromatic heterocycles. The summed E-state index contributed by atoms with van der Waals surface area (Å²) in [5, 5.41) is 0.530. The summed E-state index contributed by atoms with van der Waals surface area (Å²) in [4.78, 5) is 19.7. The Morgan fingerprint density at radius 3 is 2.83 bits per heavy atom. The second-order valence-corrected chi connectivity index (χ2v) is 10.8. The molecule has 1 amide bonds. The first kappa shape index (κ1) is 20.5. The number of fused-ring (bicyclic) bond motifs is 1. The fourth-order valence-electron chi connectivity index (χ4n) is 3.35. The van der Waals surface area contributed by atoms with E-state index < -0.39 is 9.84 Å². The maximum atomic E-state index is 13.5. The molecule has 1 unspecified atom stereocenters. The van der Waals surface area contributed by atoms with Gasteiger partial charge in [0.25, 0.3) is 5.91 Å². The highest BCUT2D eigenvalue weighted by Gasteiger charge is 2.29. The largest absolute Gasteiger partial charge is 0.376 e. The van der Waals surface area contributed by atoms with Crippen LogP contribution in [0, 0.1) is 0 Å². The fourth-order valence-corrected chi connectivity index (χ4v) is 5.76. The van der Waals surface area contributed by atoms with Gasteiger partial charge < -0.3 is 4.74 Å². The average Bonchev–Trinajstić information content (AvgIpc) is 3.34. The molecule has 3 aromatic rings. The predicted octanol–water partition coefficient (Wildman–Crippen LogP) is 4.29. The lowest BCUT2D eigenvalue weighted by Gasteiger charge is -2.24. The van der Waals surface area contributed by atoms with Crippen molar-refractivity contribution < 1.29 is 17.9 Å². The van der Waals surface area contributed by atoms with Crippen molar-refractivity contribution >= 4 is 58.4 Å².